The summed E-state index contributed by atoms with van der Waals surface area (Å²) in [6.07, 6.45) is 0. The van der Waals surface area contributed by atoms with Crippen LogP contribution in [0.1, 0.15) is 13.8 Å². The molecule has 0 aliphatic rings. The number of hydrogen-bond acceptors (Lipinski definition) is 6. The van der Waals surface area contributed by atoms with Crippen molar-refractivity contribution in [2.75, 3.05) is 12.4 Å². The summed E-state index contributed by atoms with van der Waals surface area (Å²) in [5, 5.41) is 4.84. The predicted molar refractivity (Wildman–Crippen MR) is 106 cm³/mol. The number of hydrogen-bond donors (Lipinski definition) is 1. The van der Waals surface area contributed by atoms with E-state index in [1.54, 1.807) is 30.7 Å². The molecule has 0 bridgehead atoms. The molecule has 0 fully saturated rings. The first-order chi connectivity index (χ1) is 12.5. The van der Waals surface area contributed by atoms with Crippen molar-refractivity contribution in [1.82, 2.24) is 9.55 Å². The van der Waals surface area contributed by atoms with Crippen LogP contribution in [0.2, 0.25) is 0 Å². The third-order valence-corrected chi connectivity index (χ3v) is 5.85. The van der Waals surface area contributed by atoms with E-state index in [1.807, 2.05) is 30.5 Å². The average molecular weight is 390 g/mol. The quantitative estimate of drug-likeness (QED) is 0.515. The maximum absolute atomic E-state index is 12.6. The normalized spacial score (nSPS) is 12.1. The van der Waals surface area contributed by atoms with Gasteiger partial charge in [-0.15, -0.1) is 11.3 Å². The summed E-state index contributed by atoms with van der Waals surface area (Å²) < 4.78 is 7.51. The van der Waals surface area contributed by atoms with Gasteiger partial charge in [0.15, 0.2) is 5.16 Å². The van der Waals surface area contributed by atoms with Crippen molar-refractivity contribution in [3.63, 3.8) is 0 Å². The Morgan fingerprint density at radius 1 is 1.38 bits per heavy atom. The molecule has 0 aliphatic carbocycles. The van der Waals surface area contributed by atoms with Crippen LogP contribution in [0.4, 0.5) is 5.69 Å². The number of para-hydroxylation sites is 2. The van der Waals surface area contributed by atoms with Crippen LogP contribution in [-0.2, 0) is 11.3 Å². The molecule has 3 rings (SSSR count). The monoisotopic (exact) mass is 389 g/mol. The molecule has 0 spiro atoms. The smallest absolute Gasteiger partial charge is 0.272 e. The molecule has 1 atom stereocenters. The Morgan fingerprint density at radius 3 is 2.88 bits per heavy atom. The zero-order valence-electron chi connectivity index (χ0n) is 14.7. The number of methoxy groups -OCH3 is 1. The number of aromatic nitrogens is 2. The molecule has 0 radical (unpaired) electrons. The fourth-order valence-electron chi connectivity index (χ4n) is 2.49. The maximum atomic E-state index is 12.6. The fraction of sp³-hybridized carbons (Fsp3) is 0.278. The van der Waals surface area contributed by atoms with Crippen molar-refractivity contribution in [1.29, 1.82) is 0 Å². The summed E-state index contributed by atoms with van der Waals surface area (Å²) in [6, 6.07) is 9.06. The van der Waals surface area contributed by atoms with Gasteiger partial charge in [-0.3, -0.25) is 14.2 Å². The molecule has 1 aromatic carbocycles. The topological polar surface area (TPSA) is 73.2 Å². The van der Waals surface area contributed by atoms with Crippen molar-refractivity contribution < 1.29 is 9.53 Å². The molecule has 1 amide bonds. The fourth-order valence-corrected chi connectivity index (χ4v) is 4.24. The molecule has 136 valence electrons. The molecule has 2 heterocycles. The summed E-state index contributed by atoms with van der Waals surface area (Å²) >= 11 is 2.66. The van der Waals surface area contributed by atoms with Gasteiger partial charge in [-0.1, -0.05) is 23.9 Å². The molecule has 26 heavy (non-hydrogen) atoms. The summed E-state index contributed by atoms with van der Waals surface area (Å²) in [4.78, 5) is 29.7. The highest BCUT2D eigenvalue weighted by atomic mass is 32.2. The zero-order valence-corrected chi connectivity index (χ0v) is 16.3. The molecule has 1 N–H and O–H groups in total. The first-order valence-electron chi connectivity index (χ1n) is 8.13. The Balaban J connectivity index is 1.83. The first-order valence-corrected chi connectivity index (χ1v) is 9.89. The Hall–Kier alpha value is -2.32. The van der Waals surface area contributed by atoms with Crippen LogP contribution in [0.5, 0.6) is 5.75 Å². The summed E-state index contributed by atoms with van der Waals surface area (Å²) in [5.74, 6) is 0.420. The highest BCUT2D eigenvalue weighted by molar-refractivity contribution is 8.00. The van der Waals surface area contributed by atoms with Gasteiger partial charge >= 0.3 is 0 Å². The van der Waals surface area contributed by atoms with E-state index in [0.29, 0.717) is 33.4 Å². The SMILES string of the molecule is CCn1c(S[C@H](C)C(=O)Nc2ccccc2OC)nc2ccsc2c1=O. The van der Waals surface area contributed by atoms with E-state index in [-0.39, 0.29) is 11.5 Å². The van der Waals surface area contributed by atoms with E-state index in [9.17, 15) is 9.59 Å². The van der Waals surface area contributed by atoms with Gasteiger partial charge in [0.25, 0.3) is 5.56 Å². The van der Waals surface area contributed by atoms with Crippen LogP contribution in [-0.4, -0.2) is 27.8 Å². The van der Waals surface area contributed by atoms with E-state index in [0.717, 1.165) is 0 Å². The van der Waals surface area contributed by atoms with Crippen molar-refractivity contribution in [3.8, 4) is 5.75 Å². The van der Waals surface area contributed by atoms with Gasteiger partial charge in [-0.2, -0.15) is 0 Å². The van der Waals surface area contributed by atoms with Gasteiger partial charge < -0.3 is 10.1 Å². The number of nitrogens with one attached hydrogen (secondary N) is 1. The third kappa shape index (κ3) is 3.61. The van der Waals surface area contributed by atoms with Crippen molar-refractivity contribution in [2.24, 2.45) is 0 Å². The van der Waals surface area contributed by atoms with Crippen LogP contribution in [0.15, 0.2) is 45.7 Å². The molecule has 0 aliphatic heterocycles. The van der Waals surface area contributed by atoms with Gasteiger partial charge in [0.2, 0.25) is 5.91 Å². The second kappa shape index (κ2) is 7.92. The lowest BCUT2D eigenvalue weighted by Gasteiger charge is -2.15. The molecule has 6 nitrogen and oxygen atoms in total. The summed E-state index contributed by atoms with van der Waals surface area (Å²) in [6.45, 7) is 4.19. The molecule has 8 heteroatoms. The Bertz CT molecular complexity index is 997. The van der Waals surface area contributed by atoms with Crippen molar-refractivity contribution >= 4 is 44.9 Å². The van der Waals surface area contributed by atoms with Gasteiger partial charge in [-0.25, -0.2) is 4.98 Å². The molecule has 0 unspecified atom stereocenters. The lowest BCUT2D eigenvalue weighted by molar-refractivity contribution is -0.115. The van der Waals surface area contributed by atoms with Crippen LogP contribution >= 0.6 is 23.1 Å². The molecule has 0 saturated carbocycles. The van der Waals surface area contributed by atoms with E-state index in [4.69, 9.17) is 4.74 Å². The van der Waals surface area contributed by atoms with Crippen molar-refractivity contribution in [2.45, 2.75) is 30.8 Å². The lowest BCUT2D eigenvalue weighted by atomic mass is 10.3. The largest absolute Gasteiger partial charge is 0.495 e. The molecular weight excluding hydrogens is 370 g/mol. The van der Waals surface area contributed by atoms with Gasteiger partial charge in [-0.05, 0) is 37.4 Å². The van der Waals surface area contributed by atoms with E-state index >= 15 is 0 Å². The number of fused-ring (bicyclic) bond motifs is 1. The number of nitrogens with zero attached hydrogens (tertiary/aromatic N) is 2. The molecule has 0 saturated heterocycles. The van der Waals surface area contributed by atoms with Gasteiger partial charge in [0, 0.05) is 6.54 Å². The Morgan fingerprint density at radius 2 is 2.15 bits per heavy atom. The molecule has 2 aromatic heterocycles. The number of ether oxygens (including phenoxy) is 1. The minimum atomic E-state index is -0.430. The second-order valence-corrected chi connectivity index (χ2v) is 7.75. The number of amides is 1. The van der Waals surface area contributed by atoms with E-state index in [1.165, 1.54) is 23.1 Å². The highest BCUT2D eigenvalue weighted by Gasteiger charge is 2.20. The minimum Gasteiger partial charge on any atom is -0.495 e. The maximum Gasteiger partial charge on any atom is 0.272 e. The number of anilines is 1. The van der Waals surface area contributed by atoms with E-state index < -0.39 is 5.25 Å². The summed E-state index contributed by atoms with van der Waals surface area (Å²) in [7, 11) is 1.56. The number of thiophene rings is 1. The number of thioether (sulfide) groups is 1. The van der Waals surface area contributed by atoms with Gasteiger partial charge in [0.05, 0.1) is 23.6 Å². The first kappa shape index (κ1) is 18.5. The second-order valence-electron chi connectivity index (χ2n) is 5.53. The standard InChI is InChI=1S/C18H19N3O3S2/c1-4-21-17(23)15-13(9-10-25-15)20-18(21)26-11(2)16(22)19-12-7-5-6-8-14(12)24-3/h5-11H,4H2,1-3H3,(H,19,22)/t11-/m1/s1. The Labute approximate surface area is 159 Å². The van der Waals surface area contributed by atoms with Crippen LogP contribution in [0.3, 0.4) is 0 Å². The van der Waals surface area contributed by atoms with Crippen molar-refractivity contribution in [3.05, 3.63) is 46.1 Å². The third-order valence-electron chi connectivity index (χ3n) is 3.86. The number of benzene rings is 1. The number of carbonyl (C=O) groups excluding carboxylic acids is 1. The minimum absolute atomic E-state index is 0.0627. The van der Waals surface area contributed by atoms with Crippen LogP contribution in [0.25, 0.3) is 10.2 Å². The van der Waals surface area contributed by atoms with E-state index in [2.05, 4.69) is 10.3 Å². The van der Waals surface area contributed by atoms with Crippen LogP contribution < -0.4 is 15.6 Å². The average Bonchev–Trinajstić information content (AvgIpc) is 3.11. The molecule has 3 aromatic rings. The summed E-state index contributed by atoms with van der Waals surface area (Å²) in [5.41, 5.74) is 1.22. The van der Waals surface area contributed by atoms with Gasteiger partial charge in [0.1, 0.15) is 10.4 Å². The molecular formula is C18H19N3O3S2. The van der Waals surface area contributed by atoms with Crippen LogP contribution in [0, 0.1) is 0 Å². The highest BCUT2D eigenvalue weighted by Crippen LogP contribution is 2.27. The number of rotatable bonds is 6. The predicted octanol–water partition coefficient (Wildman–Crippen LogP) is 3.61. The Kier molecular flexibility index (Phi) is 5.63. The zero-order chi connectivity index (χ0) is 18.7. The lowest BCUT2D eigenvalue weighted by Crippen LogP contribution is -2.26. The number of carbonyl (C=O) groups is 1.